The quantitative estimate of drug-likeness (QED) is 0.154. The number of fused-ring (bicyclic) bond motifs is 8. The minimum Gasteiger partial charge on any atom is -0.310 e. The van der Waals surface area contributed by atoms with Gasteiger partial charge in [-0.15, -0.1) is 0 Å². The van der Waals surface area contributed by atoms with Crippen molar-refractivity contribution in [3.63, 3.8) is 0 Å². The Morgan fingerprint density at radius 3 is 1.36 bits per heavy atom. The van der Waals surface area contributed by atoms with Gasteiger partial charge in [0.25, 0.3) is 0 Å². The van der Waals surface area contributed by atoms with Crippen LogP contribution in [-0.2, 0) is 21.7 Å². The lowest BCUT2D eigenvalue weighted by Crippen LogP contribution is -2.29. The van der Waals surface area contributed by atoms with Crippen molar-refractivity contribution in [2.75, 3.05) is 4.90 Å². The lowest BCUT2D eigenvalue weighted by molar-refractivity contribution is 0.589. The summed E-state index contributed by atoms with van der Waals surface area (Å²) in [6.45, 7) is 13.8. The van der Waals surface area contributed by atoms with Crippen molar-refractivity contribution in [1.29, 1.82) is 0 Å². The van der Waals surface area contributed by atoms with E-state index in [0.29, 0.717) is 0 Å². The second-order valence-corrected chi connectivity index (χ2v) is 21.3. The summed E-state index contributed by atoms with van der Waals surface area (Å²) in [7, 11) is 0. The molecular formula is C68H57N. The highest BCUT2D eigenvalue weighted by Crippen LogP contribution is 2.60. The summed E-state index contributed by atoms with van der Waals surface area (Å²) < 4.78 is 0. The van der Waals surface area contributed by atoms with Crippen molar-refractivity contribution in [2.24, 2.45) is 0 Å². The zero-order valence-corrected chi connectivity index (χ0v) is 40.5. The molecule has 69 heavy (non-hydrogen) atoms. The highest BCUT2D eigenvalue weighted by atomic mass is 15.1. The fourth-order valence-electron chi connectivity index (χ4n) is 12.0. The molecule has 0 aromatic heterocycles. The molecule has 2 atom stereocenters. The Balaban J connectivity index is 1.12. The number of rotatable bonds is 7. The lowest BCUT2D eigenvalue weighted by Gasteiger charge is -2.35. The standard InChI is InChI=1S/C68H57N/c1-65(2,3)47-31-35-51(36-32-47)67(49-21-10-7-11-22-49)61-43-40-54(44-59(61)64-56-27-17-16-20-46(56)30-42-62(64)67)69(53-25-14-9-15-26-53)55-39-41-58-57-28-18-19-29-60(57)68(63(58)45-55,50-23-12-8-13-24-50)52-37-33-48(34-38-52)66(4,5)6/h7-45H,1-6H3. The maximum absolute atomic E-state index is 2.49. The molecule has 0 fully saturated rings. The summed E-state index contributed by atoms with van der Waals surface area (Å²) in [5.74, 6) is 0. The fraction of sp³-hybridized carbons (Fsp3) is 0.147. The van der Waals surface area contributed by atoms with Crippen LogP contribution in [0, 0.1) is 0 Å². The summed E-state index contributed by atoms with van der Waals surface area (Å²) in [4.78, 5) is 2.48. The molecule has 12 rings (SSSR count). The molecule has 2 unspecified atom stereocenters. The second kappa shape index (κ2) is 15.9. The van der Waals surface area contributed by atoms with Crippen LogP contribution < -0.4 is 4.90 Å². The van der Waals surface area contributed by atoms with Crippen molar-refractivity contribution in [3.05, 3.63) is 292 Å². The molecule has 0 spiro atoms. The normalized spacial score (nSPS) is 17.0. The molecule has 0 aliphatic heterocycles. The summed E-state index contributed by atoms with van der Waals surface area (Å²) >= 11 is 0. The maximum atomic E-state index is 2.49. The van der Waals surface area contributed by atoms with Gasteiger partial charge in [-0.2, -0.15) is 0 Å². The predicted molar refractivity (Wildman–Crippen MR) is 291 cm³/mol. The highest BCUT2D eigenvalue weighted by molar-refractivity contribution is 6.05. The van der Waals surface area contributed by atoms with E-state index in [2.05, 4.69) is 283 Å². The van der Waals surface area contributed by atoms with Crippen LogP contribution in [0.1, 0.15) is 97.2 Å². The van der Waals surface area contributed by atoms with E-state index in [9.17, 15) is 0 Å². The van der Waals surface area contributed by atoms with Gasteiger partial charge in [0.15, 0.2) is 0 Å². The van der Waals surface area contributed by atoms with Crippen molar-refractivity contribution >= 4 is 27.8 Å². The molecule has 0 heterocycles. The first-order valence-corrected chi connectivity index (χ1v) is 24.6. The first kappa shape index (κ1) is 42.6. The van der Waals surface area contributed by atoms with E-state index >= 15 is 0 Å². The van der Waals surface area contributed by atoms with E-state index in [-0.39, 0.29) is 10.8 Å². The minimum absolute atomic E-state index is 0.0353. The molecule has 10 aromatic carbocycles. The number of para-hydroxylation sites is 1. The van der Waals surface area contributed by atoms with E-state index in [4.69, 9.17) is 0 Å². The summed E-state index contributed by atoms with van der Waals surface area (Å²) in [6.07, 6.45) is 0. The van der Waals surface area contributed by atoms with Crippen LogP contribution in [0.2, 0.25) is 0 Å². The maximum Gasteiger partial charge on any atom is 0.0714 e. The number of hydrogen-bond acceptors (Lipinski definition) is 1. The Labute approximate surface area is 408 Å². The Morgan fingerprint density at radius 1 is 0.304 bits per heavy atom. The van der Waals surface area contributed by atoms with E-state index < -0.39 is 10.8 Å². The zero-order chi connectivity index (χ0) is 47.1. The van der Waals surface area contributed by atoms with Crippen LogP contribution >= 0.6 is 0 Å². The molecule has 10 aromatic rings. The third kappa shape index (κ3) is 6.51. The van der Waals surface area contributed by atoms with Gasteiger partial charge in [0.2, 0.25) is 0 Å². The SMILES string of the molecule is CC(C)(C)c1ccc(C2(c3ccccc3)c3ccccc3-c3ccc(N(c4ccccc4)c4ccc5c(c4)-c4c(ccc6ccccc46)C5(c4ccccc4)c4ccc(C(C)(C)C)cc4)cc32)cc1. The lowest BCUT2D eigenvalue weighted by atomic mass is 9.67. The van der Waals surface area contributed by atoms with Gasteiger partial charge < -0.3 is 4.90 Å². The van der Waals surface area contributed by atoms with Gasteiger partial charge in [0.1, 0.15) is 0 Å². The number of anilines is 3. The zero-order valence-electron chi connectivity index (χ0n) is 40.5. The molecule has 0 amide bonds. The summed E-state index contributed by atoms with van der Waals surface area (Å²) in [5.41, 5.74) is 20.4. The molecule has 0 radical (unpaired) electrons. The average Bonchev–Trinajstić information content (AvgIpc) is 3.85. The first-order chi connectivity index (χ1) is 33.5. The molecule has 2 aliphatic rings. The van der Waals surface area contributed by atoms with Crippen molar-refractivity contribution in [2.45, 2.75) is 63.2 Å². The number of nitrogens with zero attached hydrogens (tertiary/aromatic N) is 1. The van der Waals surface area contributed by atoms with Gasteiger partial charge in [-0.05, 0) is 136 Å². The third-order valence-electron chi connectivity index (χ3n) is 15.4. The van der Waals surface area contributed by atoms with Gasteiger partial charge in [-0.1, -0.05) is 242 Å². The van der Waals surface area contributed by atoms with Crippen molar-refractivity contribution in [3.8, 4) is 22.3 Å². The molecule has 0 N–H and O–H groups in total. The molecule has 0 bridgehead atoms. The van der Waals surface area contributed by atoms with Crippen LogP contribution in [0.15, 0.2) is 237 Å². The molecule has 2 aliphatic carbocycles. The van der Waals surface area contributed by atoms with Gasteiger partial charge in [-0.25, -0.2) is 0 Å². The summed E-state index contributed by atoms with van der Waals surface area (Å²) in [5, 5.41) is 2.51. The molecule has 0 saturated carbocycles. The fourth-order valence-corrected chi connectivity index (χ4v) is 12.0. The van der Waals surface area contributed by atoms with Gasteiger partial charge >= 0.3 is 0 Å². The Hall–Kier alpha value is -7.74. The Kier molecular flexibility index (Phi) is 9.84. The molecule has 0 saturated heterocycles. The molecular weight excluding hydrogens is 831 g/mol. The summed E-state index contributed by atoms with van der Waals surface area (Å²) in [6, 6.07) is 89.5. The molecule has 1 nitrogen and oxygen atoms in total. The second-order valence-electron chi connectivity index (χ2n) is 21.3. The van der Waals surface area contributed by atoms with Gasteiger partial charge in [0.05, 0.1) is 10.8 Å². The smallest absolute Gasteiger partial charge is 0.0714 e. The highest BCUT2D eigenvalue weighted by Gasteiger charge is 2.48. The predicted octanol–water partition coefficient (Wildman–Crippen LogP) is 17.6. The largest absolute Gasteiger partial charge is 0.310 e. The van der Waals surface area contributed by atoms with Crippen LogP contribution in [0.3, 0.4) is 0 Å². The van der Waals surface area contributed by atoms with Crippen LogP contribution in [0.5, 0.6) is 0 Å². The third-order valence-corrected chi connectivity index (χ3v) is 15.4. The first-order valence-electron chi connectivity index (χ1n) is 24.6. The molecule has 1 heteroatoms. The van der Waals surface area contributed by atoms with Crippen LogP contribution in [0.25, 0.3) is 33.0 Å². The van der Waals surface area contributed by atoms with E-state index in [1.807, 2.05) is 0 Å². The topological polar surface area (TPSA) is 3.24 Å². The van der Waals surface area contributed by atoms with E-state index in [1.54, 1.807) is 0 Å². The number of benzene rings is 10. The number of hydrogen-bond donors (Lipinski definition) is 0. The average molecular weight is 888 g/mol. The monoisotopic (exact) mass is 887 g/mol. The molecule has 334 valence electrons. The van der Waals surface area contributed by atoms with Crippen molar-refractivity contribution < 1.29 is 0 Å². The van der Waals surface area contributed by atoms with Crippen molar-refractivity contribution in [1.82, 2.24) is 0 Å². The van der Waals surface area contributed by atoms with E-state index in [0.717, 1.165) is 17.1 Å². The van der Waals surface area contributed by atoms with Crippen LogP contribution in [0.4, 0.5) is 17.1 Å². The Morgan fingerprint density at radius 2 is 0.754 bits per heavy atom. The Bertz CT molecular complexity index is 3540. The minimum atomic E-state index is -0.546. The van der Waals surface area contributed by atoms with E-state index in [1.165, 1.54) is 88.7 Å². The van der Waals surface area contributed by atoms with Gasteiger partial charge in [0, 0.05) is 17.1 Å². The van der Waals surface area contributed by atoms with Gasteiger partial charge in [-0.3, -0.25) is 0 Å². The van der Waals surface area contributed by atoms with Crippen LogP contribution in [-0.4, -0.2) is 0 Å².